The predicted octanol–water partition coefficient (Wildman–Crippen LogP) is 3.05. The van der Waals surface area contributed by atoms with Crippen molar-refractivity contribution in [3.05, 3.63) is 10.3 Å². The minimum Gasteiger partial charge on any atom is -0.465 e. The molecule has 2 heterocycles. The Morgan fingerprint density at radius 2 is 2.33 bits per heavy atom. The summed E-state index contributed by atoms with van der Waals surface area (Å²) in [6, 6.07) is 0. The second kappa shape index (κ2) is 4.03. The molecule has 80 valence electrons. The first kappa shape index (κ1) is 10.8. The molecule has 0 unspecified atom stereocenters. The SMILES string of the molecule is COC(=O)c1sc2csc(SC)c2c1N. The van der Waals surface area contributed by atoms with Crippen LogP contribution >= 0.6 is 34.4 Å². The monoisotopic (exact) mass is 259 g/mol. The van der Waals surface area contributed by atoms with Crippen molar-refractivity contribution in [1.82, 2.24) is 0 Å². The van der Waals surface area contributed by atoms with Crippen LogP contribution in [-0.2, 0) is 4.74 Å². The fraction of sp³-hybridized carbons (Fsp3) is 0.222. The van der Waals surface area contributed by atoms with Crippen molar-refractivity contribution < 1.29 is 9.53 Å². The Hall–Kier alpha value is -0.720. The summed E-state index contributed by atoms with van der Waals surface area (Å²) < 4.78 is 6.88. The summed E-state index contributed by atoms with van der Waals surface area (Å²) in [5.74, 6) is -0.356. The molecule has 0 fully saturated rings. The molecular formula is C9H9NO2S3. The van der Waals surface area contributed by atoms with E-state index in [2.05, 4.69) is 4.74 Å². The van der Waals surface area contributed by atoms with Crippen molar-refractivity contribution in [2.45, 2.75) is 4.21 Å². The number of hydrogen-bond donors (Lipinski definition) is 1. The van der Waals surface area contributed by atoms with Gasteiger partial charge in [0.15, 0.2) is 0 Å². The van der Waals surface area contributed by atoms with E-state index in [1.807, 2.05) is 11.6 Å². The summed E-state index contributed by atoms with van der Waals surface area (Å²) in [6.07, 6.45) is 2.00. The maximum absolute atomic E-state index is 11.4. The van der Waals surface area contributed by atoms with Crippen LogP contribution in [0, 0.1) is 0 Å². The van der Waals surface area contributed by atoms with Gasteiger partial charge in [-0.05, 0) is 6.26 Å². The van der Waals surface area contributed by atoms with E-state index in [1.54, 1.807) is 23.1 Å². The zero-order chi connectivity index (χ0) is 11.0. The molecule has 0 saturated heterocycles. The van der Waals surface area contributed by atoms with Gasteiger partial charge in [-0.1, -0.05) is 0 Å². The van der Waals surface area contributed by atoms with Crippen LogP contribution < -0.4 is 5.73 Å². The van der Waals surface area contributed by atoms with E-state index in [1.165, 1.54) is 18.4 Å². The fourth-order valence-corrected chi connectivity index (χ4v) is 4.32. The van der Waals surface area contributed by atoms with E-state index < -0.39 is 0 Å². The number of carbonyl (C=O) groups excluding carboxylic acids is 1. The summed E-state index contributed by atoms with van der Waals surface area (Å²) in [4.78, 5) is 11.9. The van der Waals surface area contributed by atoms with Gasteiger partial charge in [0.1, 0.15) is 4.88 Å². The van der Waals surface area contributed by atoms with Crippen LogP contribution in [0.1, 0.15) is 9.67 Å². The largest absolute Gasteiger partial charge is 0.465 e. The lowest BCUT2D eigenvalue weighted by Gasteiger charge is -1.97. The van der Waals surface area contributed by atoms with Gasteiger partial charge in [0.2, 0.25) is 0 Å². The Labute approximate surface area is 99.2 Å². The smallest absolute Gasteiger partial charge is 0.350 e. The van der Waals surface area contributed by atoms with Crippen LogP contribution in [0.3, 0.4) is 0 Å². The molecule has 0 aliphatic carbocycles. The highest BCUT2D eigenvalue weighted by atomic mass is 32.2. The van der Waals surface area contributed by atoms with Crippen LogP contribution in [0.5, 0.6) is 0 Å². The van der Waals surface area contributed by atoms with Crippen LogP contribution in [0.2, 0.25) is 0 Å². The Bertz CT molecular complexity index is 515. The van der Waals surface area contributed by atoms with Gasteiger partial charge in [-0.3, -0.25) is 0 Å². The molecule has 0 aliphatic rings. The number of fused-ring (bicyclic) bond motifs is 1. The van der Waals surface area contributed by atoms with Gasteiger partial charge < -0.3 is 10.5 Å². The molecule has 2 aromatic rings. The van der Waals surface area contributed by atoms with Crippen molar-refractivity contribution in [1.29, 1.82) is 0 Å². The topological polar surface area (TPSA) is 52.3 Å². The number of thioether (sulfide) groups is 1. The van der Waals surface area contributed by atoms with E-state index in [0.717, 1.165) is 14.3 Å². The second-order valence-corrected chi connectivity index (χ2v) is 5.81. The minimum atomic E-state index is -0.356. The number of hydrogen-bond acceptors (Lipinski definition) is 6. The number of carbonyl (C=O) groups is 1. The number of anilines is 1. The van der Waals surface area contributed by atoms with Crippen LogP contribution in [-0.4, -0.2) is 19.3 Å². The standard InChI is InChI=1S/C9H9NO2S3/c1-12-8(11)7-6(10)5-4(15-7)3-14-9(5)13-2/h3H,10H2,1-2H3. The average molecular weight is 259 g/mol. The molecule has 0 aromatic carbocycles. The van der Waals surface area contributed by atoms with Crippen molar-refractivity contribution in [2.24, 2.45) is 0 Å². The predicted molar refractivity (Wildman–Crippen MR) is 67.2 cm³/mol. The zero-order valence-electron chi connectivity index (χ0n) is 8.20. The second-order valence-electron chi connectivity index (χ2n) is 2.80. The maximum Gasteiger partial charge on any atom is 0.350 e. The number of rotatable bonds is 2. The third-order valence-corrected chi connectivity index (χ3v) is 5.42. The van der Waals surface area contributed by atoms with E-state index in [-0.39, 0.29) is 5.97 Å². The molecule has 0 radical (unpaired) electrons. The number of methoxy groups -OCH3 is 1. The molecule has 3 nitrogen and oxygen atoms in total. The fourth-order valence-electron chi connectivity index (χ4n) is 1.32. The molecule has 0 aliphatic heterocycles. The highest BCUT2D eigenvalue weighted by Crippen LogP contribution is 2.43. The molecule has 6 heteroatoms. The molecular weight excluding hydrogens is 250 g/mol. The van der Waals surface area contributed by atoms with Crippen LogP contribution in [0.4, 0.5) is 5.69 Å². The summed E-state index contributed by atoms with van der Waals surface area (Å²) >= 11 is 4.69. The third kappa shape index (κ3) is 1.62. The van der Waals surface area contributed by atoms with Gasteiger partial charge in [0.05, 0.1) is 17.0 Å². The Kier molecular flexibility index (Phi) is 2.90. The molecule has 2 aromatic heterocycles. The number of thiophene rings is 2. The lowest BCUT2D eigenvalue weighted by atomic mass is 10.3. The Morgan fingerprint density at radius 1 is 1.60 bits per heavy atom. The molecule has 15 heavy (non-hydrogen) atoms. The molecule has 0 bridgehead atoms. The summed E-state index contributed by atoms with van der Waals surface area (Å²) in [6.45, 7) is 0. The van der Waals surface area contributed by atoms with E-state index in [9.17, 15) is 4.79 Å². The van der Waals surface area contributed by atoms with Gasteiger partial charge >= 0.3 is 5.97 Å². The molecule has 0 saturated carbocycles. The van der Waals surface area contributed by atoms with Crippen LogP contribution in [0.15, 0.2) is 9.59 Å². The van der Waals surface area contributed by atoms with Crippen molar-refractivity contribution >= 4 is 56.2 Å². The highest BCUT2D eigenvalue weighted by molar-refractivity contribution is 8.00. The van der Waals surface area contributed by atoms with Gasteiger partial charge in [0.25, 0.3) is 0 Å². The quantitative estimate of drug-likeness (QED) is 0.665. The van der Waals surface area contributed by atoms with Gasteiger partial charge in [-0.25, -0.2) is 4.79 Å². The van der Waals surface area contributed by atoms with Gasteiger partial charge in [0, 0.05) is 15.5 Å². The number of esters is 1. The number of ether oxygens (including phenoxy) is 1. The normalized spacial score (nSPS) is 10.8. The molecule has 0 amide bonds. The maximum atomic E-state index is 11.4. The van der Waals surface area contributed by atoms with Crippen LogP contribution in [0.25, 0.3) is 10.1 Å². The zero-order valence-corrected chi connectivity index (χ0v) is 10.6. The lowest BCUT2D eigenvalue weighted by molar-refractivity contribution is 0.0607. The highest BCUT2D eigenvalue weighted by Gasteiger charge is 2.19. The molecule has 2 N–H and O–H groups in total. The minimum absolute atomic E-state index is 0.356. The Morgan fingerprint density at radius 3 is 2.93 bits per heavy atom. The third-order valence-electron chi connectivity index (χ3n) is 2.01. The molecule has 0 atom stereocenters. The first-order chi connectivity index (χ1) is 7.19. The Balaban J connectivity index is 2.65. The van der Waals surface area contributed by atoms with E-state index in [4.69, 9.17) is 5.73 Å². The van der Waals surface area contributed by atoms with Crippen molar-refractivity contribution in [2.75, 3.05) is 19.1 Å². The van der Waals surface area contributed by atoms with E-state index >= 15 is 0 Å². The first-order valence-electron chi connectivity index (χ1n) is 4.10. The summed E-state index contributed by atoms with van der Waals surface area (Å²) in [7, 11) is 1.37. The number of nitrogen functional groups attached to an aromatic ring is 1. The average Bonchev–Trinajstić information content (AvgIpc) is 2.78. The summed E-state index contributed by atoms with van der Waals surface area (Å²) in [5.41, 5.74) is 6.49. The first-order valence-corrected chi connectivity index (χ1v) is 7.03. The lowest BCUT2D eigenvalue weighted by Crippen LogP contribution is -2.01. The number of nitrogens with two attached hydrogens (primary N) is 1. The van der Waals surface area contributed by atoms with Crippen molar-refractivity contribution in [3.8, 4) is 0 Å². The molecule has 0 spiro atoms. The van der Waals surface area contributed by atoms with Crippen molar-refractivity contribution in [3.63, 3.8) is 0 Å². The molecule has 2 rings (SSSR count). The van der Waals surface area contributed by atoms with Gasteiger partial charge in [-0.15, -0.1) is 34.4 Å². The van der Waals surface area contributed by atoms with Gasteiger partial charge in [-0.2, -0.15) is 0 Å². The summed E-state index contributed by atoms with van der Waals surface area (Å²) in [5, 5.41) is 3.02. The van der Waals surface area contributed by atoms with E-state index in [0.29, 0.717) is 10.6 Å².